The minimum Gasteiger partial charge on any atom is -0.338 e. The summed E-state index contributed by atoms with van der Waals surface area (Å²) in [5, 5.41) is 8.44. The number of likely N-dealkylation sites (tertiary alicyclic amines) is 1. The fourth-order valence-electron chi connectivity index (χ4n) is 4.37. The van der Waals surface area contributed by atoms with Crippen LogP contribution in [0.25, 0.3) is 0 Å². The first kappa shape index (κ1) is 18.4. The number of hydrogen-bond acceptors (Lipinski definition) is 4. The highest BCUT2D eigenvalue weighted by Crippen LogP contribution is 2.27. The predicted octanol–water partition coefficient (Wildman–Crippen LogP) is 2.98. The maximum Gasteiger partial charge on any atom is 0.276 e. The molecule has 1 saturated heterocycles. The number of aromatic nitrogens is 3. The number of carbonyl (C=O) groups excluding carboxylic acids is 1. The van der Waals surface area contributed by atoms with Crippen molar-refractivity contribution in [2.24, 2.45) is 5.92 Å². The smallest absolute Gasteiger partial charge is 0.276 e. The molecule has 1 aromatic rings. The summed E-state index contributed by atoms with van der Waals surface area (Å²) < 4.78 is 1.93. The van der Waals surface area contributed by atoms with E-state index < -0.39 is 0 Å². The Bertz CT molecular complexity index is 548. The van der Waals surface area contributed by atoms with E-state index in [1.807, 2.05) is 24.7 Å². The number of rotatable bonds is 6. The van der Waals surface area contributed by atoms with Gasteiger partial charge in [-0.2, -0.15) is 0 Å². The molecule has 6 heteroatoms. The van der Waals surface area contributed by atoms with E-state index >= 15 is 0 Å². The summed E-state index contributed by atoms with van der Waals surface area (Å²) in [5.41, 5.74) is 0.480. The van der Waals surface area contributed by atoms with E-state index in [1.54, 1.807) is 4.90 Å². The molecule has 2 aliphatic rings. The van der Waals surface area contributed by atoms with E-state index in [9.17, 15) is 4.79 Å². The molecule has 0 spiro atoms. The van der Waals surface area contributed by atoms with Crippen molar-refractivity contribution in [1.82, 2.24) is 24.8 Å². The molecule has 0 N–H and O–H groups in total. The highest BCUT2D eigenvalue weighted by atomic mass is 16.2. The average molecular weight is 348 g/mol. The predicted molar refractivity (Wildman–Crippen MR) is 98.6 cm³/mol. The van der Waals surface area contributed by atoms with E-state index in [0.29, 0.717) is 24.8 Å². The topological polar surface area (TPSA) is 54.3 Å². The fraction of sp³-hybridized carbons (Fsp3) is 0.842. The molecule has 1 amide bonds. The average Bonchev–Trinajstić information content (AvgIpc) is 3.14. The van der Waals surface area contributed by atoms with Crippen LogP contribution in [0.15, 0.2) is 6.20 Å². The summed E-state index contributed by atoms with van der Waals surface area (Å²) >= 11 is 0. The Balaban J connectivity index is 1.59. The Morgan fingerprint density at radius 1 is 1.16 bits per heavy atom. The Morgan fingerprint density at radius 3 is 2.64 bits per heavy atom. The van der Waals surface area contributed by atoms with Gasteiger partial charge in [0.1, 0.15) is 0 Å². The number of amides is 1. The third-order valence-electron chi connectivity index (χ3n) is 5.88. The second kappa shape index (κ2) is 8.79. The molecule has 1 aromatic heterocycles. The standard InChI is InChI=1S/C19H33N5O/c1-3-23(4-2)19(25)18-15-24(21-20-18)17-11-8-12-22(14-17)13-16-9-6-5-7-10-16/h15-17H,3-14H2,1-2H3. The molecular formula is C19H33N5O. The molecule has 1 aliphatic carbocycles. The molecule has 0 bridgehead atoms. The second-order valence-corrected chi connectivity index (χ2v) is 7.62. The van der Waals surface area contributed by atoms with Gasteiger partial charge in [0.25, 0.3) is 5.91 Å². The van der Waals surface area contributed by atoms with Crippen LogP contribution in [0.2, 0.25) is 0 Å². The van der Waals surface area contributed by atoms with Crippen LogP contribution >= 0.6 is 0 Å². The summed E-state index contributed by atoms with van der Waals surface area (Å²) in [6.07, 6.45) is 11.2. The first-order chi connectivity index (χ1) is 12.2. The first-order valence-electron chi connectivity index (χ1n) is 10.1. The van der Waals surface area contributed by atoms with Gasteiger partial charge in [-0.1, -0.05) is 24.5 Å². The second-order valence-electron chi connectivity index (χ2n) is 7.62. The first-order valence-corrected chi connectivity index (χ1v) is 10.1. The van der Waals surface area contributed by atoms with Crippen LogP contribution in [0.4, 0.5) is 0 Å². The number of piperidine rings is 1. The van der Waals surface area contributed by atoms with Crippen LogP contribution in [-0.4, -0.2) is 63.4 Å². The van der Waals surface area contributed by atoms with Gasteiger partial charge in [-0.15, -0.1) is 5.10 Å². The number of nitrogens with zero attached hydrogens (tertiary/aromatic N) is 5. The summed E-state index contributed by atoms with van der Waals surface area (Å²) in [6.45, 7) is 8.88. The van der Waals surface area contributed by atoms with Gasteiger partial charge in [0.15, 0.2) is 5.69 Å². The van der Waals surface area contributed by atoms with Gasteiger partial charge < -0.3 is 9.80 Å². The van der Waals surface area contributed by atoms with Gasteiger partial charge in [0, 0.05) is 26.2 Å². The molecular weight excluding hydrogens is 314 g/mol. The van der Waals surface area contributed by atoms with E-state index in [1.165, 1.54) is 51.6 Å². The zero-order chi connectivity index (χ0) is 17.6. The SMILES string of the molecule is CCN(CC)C(=O)c1cn(C2CCCN(CC3CCCCC3)C2)nn1. The Hall–Kier alpha value is -1.43. The minimum absolute atomic E-state index is 0.00822. The largest absolute Gasteiger partial charge is 0.338 e. The molecule has 0 radical (unpaired) electrons. The van der Waals surface area contributed by atoms with E-state index in [0.717, 1.165) is 18.9 Å². The molecule has 0 aromatic carbocycles. The van der Waals surface area contributed by atoms with Crippen molar-refractivity contribution in [2.75, 3.05) is 32.7 Å². The third kappa shape index (κ3) is 4.60. The molecule has 6 nitrogen and oxygen atoms in total. The molecule has 1 aliphatic heterocycles. The van der Waals surface area contributed by atoms with E-state index in [-0.39, 0.29) is 5.91 Å². The maximum atomic E-state index is 12.4. The van der Waals surface area contributed by atoms with Crippen LogP contribution in [0.1, 0.15) is 75.3 Å². The van der Waals surface area contributed by atoms with E-state index in [4.69, 9.17) is 0 Å². The summed E-state index contributed by atoms with van der Waals surface area (Å²) in [7, 11) is 0. The lowest BCUT2D eigenvalue weighted by molar-refractivity contribution is 0.0767. The third-order valence-corrected chi connectivity index (χ3v) is 5.88. The number of hydrogen-bond donors (Lipinski definition) is 0. The monoisotopic (exact) mass is 347 g/mol. The van der Waals surface area contributed by atoms with Crippen molar-refractivity contribution < 1.29 is 4.79 Å². The van der Waals surface area contributed by atoms with Crippen LogP contribution < -0.4 is 0 Å². The van der Waals surface area contributed by atoms with E-state index in [2.05, 4.69) is 15.2 Å². The van der Waals surface area contributed by atoms with Gasteiger partial charge >= 0.3 is 0 Å². The minimum atomic E-state index is -0.00822. The summed E-state index contributed by atoms with van der Waals surface area (Å²) in [5.74, 6) is 0.870. The van der Waals surface area contributed by atoms with Gasteiger partial charge in [0.05, 0.1) is 12.2 Å². The van der Waals surface area contributed by atoms with Gasteiger partial charge in [-0.3, -0.25) is 4.79 Å². The van der Waals surface area contributed by atoms with Crippen LogP contribution in [-0.2, 0) is 0 Å². The maximum absolute atomic E-state index is 12.4. The van der Waals surface area contributed by atoms with Crippen molar-refractivity contribution in [3.63, 3.8) is 0 Å². The van der Waals surface area contributed by atoms with Gasteiger partial charge in [0.2, 0.25) is 0 Å². The lowest BCUT2D eigenvalue weighted by Gasteiger charge is -2.35. The quantitative estimate of drug-likeness (QED) is 0.794. The Kier molecular flexibility index (Phi) is 6.45. The molecule has 1 saturated carbocycles. The zero-order valence-electron chi connectivity index (χ0n) is 15.9. The van der Waals surface area contributed by atoms with Crippen molar-refractivity contribution in [2.45, 2.75) is 64.8 Å². The van der Waals surface area contributed by atoms with Crippen molar-refractivity contribution >= 4 is 5.91 Å². The lowest BCUT2D eigenvalue weighted by atomic mass is 9.88. The van der Waals surface area contributed by atoms with Crippen LogP contribution in [0.5, 0.6) is 0 Å². The molecule has 2 fully saturated rings. The molecule has 1 atom stereocenters. The Labute approximate surface area is 151 Å². The van der Waals surface area contributed by atoms with Crippen LogP contribution in [0.3, 0.4) is 0 Å². The fourth-order valence-corrected chi connectivity index (χ4v) is 4.37. The number of carbonyl (C=O) groups is 1. The molecule has 2 heterocycles. The molecule has 3 rings (SSSR count). The summed E-state index contributed by atoms with van der Waals surface area (Å²) in [4.78, 5) is 16.8. The highest BCUT2D eigenvalue weighted by Gasteiger charge is 2.26. The van der Waals surface area contributed by atoms with Crippen molar-refractivity contribution in [3.05, 3.63) is 11.9 Å². The molecule has 25 heavy (non-hydrogen) atoms. The highest BCUT2D eigenvalue weighted by molar-refractivity contribution is 5.91. The van der Waals surface area contributed by atoms with Gasteiger partial charge in [-0.05, 0) is 52.0 Å². The van der Waals surface area contributed by atoms with Gasteiger partial charge in [-0.25, -0.2) is 4.68 Å². The summed E-state index contributed by atoms with van der Waals surface area (Å²) in [6, 6.07) is 0.350. The van der Waals surface area contributed by atoms with Crippen molar-refractivity contribution in [1.29, 1.82) is 0 Å². The molecule has 1 unspecified atom stereocenters. The van der Waals surface area contributed by atoms with Crippen LogP contribution in [0, 0.1) is 5.92 Å². The van der Waals surface area contributed by atoms with Crippen molar-refractivity contribution in [3.8, 4) is 0 Å². The zero-order valence-corrected chi connectivity index (χ0v) is 15.9. The normalized spacial score (nSPS) is 22.9. The Morgan fingerprint density at radius 2 is 1.92 bits per heavy atom. The lowest BCUT2D eigenvalue weighted by Crippen LogP contribution is -2.40. The molecule has 140 valence electrons.